The lowest BCUT2D eigenvalue weighted by atomic mass is 9.94. The Kier molecular flexibility index (Phi) is 4.93. The van der Waals surface area contributed by atoms with Crippen LogP contribution in [-0.4, -0.2) is 9.55 Å². The number of para-hydroxylation sites is 2. The zero-order chi connectivity index (χ0) is 27.6. The van der Waals surface area contributed by atoms with Gasteiger partial charge in [0, 0.05) is 38.3 Å². The second kappa shape index (κ2) is 8.95. The average Bonchev–Trinajstić information content (AvgIpc) is 3.60. The Balaban J connectivity index is 1.26. The van der Waals surface area contributed by atoms with E-state index in [9.17, 15) is 0 Å². The molecule has 1 N–H and O–H groups in total. The second-order valence-corrected chi connectivity index (χ2v) is 11.1. The summed E-state index contributed by atoms with van der Waals surface area (Å²) in [4.78, 5) is 3.68. The first-order chi connectivity index (χ1) is 20.8. The molecule has 0 aliphatic rings. The number of fused-ring (bicyclic) bond motifs is 8. The van der Waals surface area contributed by atoms with Gasteiger partial charge < -0.3 is 9.55 Å². The highest BCUT2D eigenvalue weighted by Crippen LogP contribution is 2.41. The molecule has 196 valence electrons. The third-order valence-electron chi connectivity index (χ3n) is 8.73. The van der Waals surface area contributed by atoms with Crippen LogP contribution < -0.4 is 0 Å². The highest BCUT2D eigenvalue weighted by molar-refractivity contribution is 6.23. The topological polar surface area (TPSA) is 20.7 Å². The summed E-state index contributed by atoms with van der Waals surface area (Å²) in [6, 6.07) is 54.9. The third kappa shape index (κ3) is 3.39. The van der Waals surface area contributed by atoms with Gasteiger partial charge in [0.05, 0.1) is 11.0 Å². The van der Waals surface area contributed by atoms with Crippen LogP contribution in [0.25, 0.3) is 82.3 Å². The molecule has 0 atom stereocenters. The van der Waals surface area contributed by atoms with Gasteiger partial charge in [-0.2, -0.15) is 0 Å². The number of hydrogen-bond donors (Lipinski definition) is 1. The van der Waals surface area contributed by atoms with Crippen molar-refractivity contribution < 1.29 is 0 Å². The average molecular weight is 535 g/mol. The maximum absolute atomic E-state index is 3.68. The van der Waals surface area contributed by atoms with Crippen LogP contribution in [0.1, 0.15) is 0 Å². The van der Waals surface area contributed by atoms with Gasteiger partial charge in [-0.1, -0.05) is 109 Å². The van der Waals surface area contributed by atoms with Crippen LogP contribution in [0.3, 0.4) is 0 Å². The molecule has 0 bridgehead atoms. The Hall–Kier alpha value is -5.60. The van der Waals surface area contributed by atoms with Crippen LogP contribution in [-0.2, 0) is 0 Å². The van der Waals surface area contributed by atoms with Crippen molar-refractivity contribution in [2.24, 2.45) is 0 Å². The van der Waals surface area contributed by atoms with Crippen LogP contribution in [0.4, 0.5) is 0 Å². The summed E-state index contributed by atoms with van der Waals surface area (Å²) in [5.41, 5.74) is 10.9. The summed E-state index contributed by atoms with van der Waals surface area (Å²) in [5, 5.41) is 7.64. The summed E-state index contributed by atoms with van der Waals surface area (Å²) in [5.74, 6) is 0. The van der Waals surface area contributed by atoms with E-state index < -0.39 is 0 Å². The van der Waals surface area contributed by atoms with E-state index in [2.05, 4.69) is 161 Å². The number of hydrogen-bond acceptors (Lipinski definition) is 0. The van der Waals surface area contributed by atoms with Gasteiger partial charge in [0.25, 0.3) is 0 Å². The molecule has 0 aliphatic heterocycles. The minimum Gasteiger partial charge on any atom is -0.354 e. The summed E-state index contributed by atoms with van der Waals surface area (Å²) in [6.45, 7) is 0. The molecule has 2 heterocycles. The van der Waals surface area contributed by atoms with Gasteiger partial charge in [0.2, 0.25) is 0 Å². The highest BCUT2D eigenvalue weighted by atomic mass is 15.0. The van der Waals surface area contributed by atoms with E-state index in [-0.39, 0.29) is 0 Å². The predicted molar refractivity (Wildman–Crippen MR) is 179 cm³/mol. The number of nitrogens with one attached hydrogen (secondary N) is 1. The number of H-pyrrole nitrogens is 1. The fourth-order valence-electron chi connectivity index (χ4n) is 6.81. The predicted octanol–water partition coefficient (Wildman–Crippen LogP) is 10.9. The molecule has 0 unspecified atom stereocenters. The Morgan fingerprint density at radius 3 is 1.83 bits per heavy atom. The van der Waals surface area contributed by atoms with Crippen molar-refractivity contribution in [3.63, 3.8) is 0 Å². The van der Waals surface area contributed by atoms with Gasteiger partial charge >= 0.3 is 0 Å². The highest BCUT2D eigenvalue weighted by Gasteiger charge is 2.16. The molecule has 42 heavy (non-hydrogen) atoms. The molecule has 0 spiro atoms. The summed E-state index contributed by atoms with van der Waals surface area (Å²) in [6.07, 6.45) is 0. The molecular weight excluding hydrogens is 508 g/mol. The largest absolute Gasteiger partial charge is 0.354 e. The molecule has 0 radical (unpaired) electrons. The smallest absolute Gasteiger partial charge is 0.0541 e. The third-order valence-corrected chi connectivity index (χ3v) is 8.73. The number of rotatable bonds is 3. The zero-order valence-electron chi connectivity index (χ0n) is 22.9. The molecule has 2 aromatic heterocycles. The molecule has 2 heteroatoms. The van der Waals surface area contributed by atoms with Crippen molar-refractivity contribution >= 4 is 54.4 Å². The molecule has 9 rings (SSSR count). The van der Waals surface area contributed by atoms with Gasteiger partial charge in [-0.3, -0.25) is 0 Å². The monoisotopic (exact) mass is 534 g/mol. The van der Waals surface area contributed by atoms with Gasteiger partial charge in [0.15, 0.2) is 0 Å². The molecule has 0 amide bonds. The Morgan fingerprint density at radius 1 is 0.381 bits per heavy atom. The van der Waals surface area contributed by atoms with E-state index in [0.717, 1.165) is 0 Å². The SMILES string of the molecule is c1ccc(-c2ccc(-n3c4ccccc4c4cc(-c5cc6[nH]c7ccccc7c6c6ccccc56)ccc43)cc2)cc1. The van der Waals surface area contributed by atoms with Crippen LogP contribution in [0, 0.1) is 0 Å². The molecule has 0 saturated heterocycles. The standard InChI is InChI=1S/C40H26N2/c1-2-10-26(11-3-1)27-18-21-29(22-19-27)42-38-17-9-7-13-31(38)35-24-28(20-23-39(35)42)34-25-37-40(32-14-5-4-12-30(32)34)33-15-6-8-16-36(33)41-37/h1-25,41H. The molecular formula is C40H26N2. The summed E-state index contributed by atoms with van der Waals surface area (Å²) >= 11 is 0. The maximum Gasteiger partial charge on any atom is 0.0541 e. The lowest BCUT2D eigenvalue weighted by Crippen LogP contribution is -1.93. The molecule has 0 fully saturated rings. The van der Waals surface area contributed by atoms with Crippen molar-refractivity contribution in [2.45, 2.75) is 0 Å². The van der Waals surface area contributed by atoms with E-state index in [1.54, 1.807) is 0 Å². The van der Waals surface area contributed by atoms with E-state index in [0.29, 0.717) is 0 Å². The van der Waals surface area contributed by atoms with Crippen LogP contribution in [0.15, 0.2) is 152 Å². The number of nitrogens with zero attached hydrogens (tertiary/aromatic N) is 1. The van der Waals surface area contributed by atoms with E-state index in [1.807, 2.05) is 0 Å². The quantitative estimate of drug-likeness (QED) is 0.233. The summed E-state index contributed by atoms with van der Waals surface area (Å²) in [7, 11) is 0. The first kappa shape index (κ1) is 23.1. The number of aromatic amines is 1. The van der Waals surface area contributed by atoms with Crippen LogP contribution >= 0.6 is 0 Å². The molecule has 9 aromatic rings. The van der Waals surface area contributed by atoms with Gasteiger partial charge in [0.1, 0.15) is 0 Å². The van der Waals surface area contributed by atoms with E-state index in [4.69, 9.17) is 0 Å². The normalized spacial score (nSPS) is 11.8. The molecule has 2 nitrogen and oxygen atoms in total. The minimum absolute atomic E-state index is 1.17. The minimum atomic E-state index is 1.17. The Morgan fingerprint density at radius 2 is 1.00 bits per heavy atom. The van der Waals surface area contributed by atoms with Crippen molar-refractivity contribution in [3.05, 3.63) is 152 Å². The molecule has 7 aromatic carbocycles. The van der Waals surface area contributed by atoms with E-state index in [1.165, 1.54) is 82.3 Å². The van der Waals surface area contributed by atoms with Crippen molar-refractivity contribution in [1.82, 2.24) is 9.55 Å². The van der Waals surface area contributed by atoms with E-state index >= 15 is 0 Å². The Bertz CT molecular complexity index is 2440. The molecule has 0 saturated carbocycles. The maximum atomic E-state index is 3.68. The second-order valence-electron chi connectivity index (χ2n) is 11.1. The van der Waals surface area contributed by atoms with Crippen LogP contribution in [0.5, 0.6) is 0 Å². The fraction of sp³-hybridized carbons (Fsp3) is 0. The van der Waals surface area contributed by atoms with Crippen LogP contribution in [0.2, 0.25) is 0 Å². The zero-order valence-corrected chi connectivity index (χ0v) is 22.9. The van der Waals surface area contributed by atoms with Crippen molar-refractivity contribution in [3.8, 4) is 27.9 Å². The number of aromatic nitrogens is 2. The van der Waals surface area contributed by atoms with Crippen molar-refractivity contribution in [2.75, 3.05) is 0 Å². The lowest BCUT2D eigenvalue weighted by molar-refractivity contribution is 1.18. The first-order valence-corrected chi connectivity index (χ1v) is 14.5. The lowest BCUT2D eigenvalue weighted by Gasteiger charge is -2.11. The molecule has 0 aliphatic carbocycles. The number of benzene rings is 7. The summed E-state index contributed by atoms with van der Waals surface area (Å²) < 4.78 is 2.39. The fourth-order valence-corrected chi connectivity index (χ4v) is 6.81. The Labute approximate surface area is 243 Å². The van der Waals surface area contributed by atoms with Gasteiger partial charge in [-0.05, 0) is 75.5 Å². The first-order valence-electron chi connectivity index (χ1n) is 14.5. The van der Waals surface area contributed by atoms with Gasteiger partial charge in [-0.25, -0.2) is 0 Å². The van der Waals surface area contributed by atoms with Crippen molar-refractivity contribution in [1.29, 1.82) is 0 Å². The van der Waals surface area contributed by atoms with Gasteiger partial charge in [-0.15, -0.1) is 0 Å².